The van der Waals surface area contributed by atoms with Crippen LogP contribution in [0.4, 0.5) is 5.13 Å². The van der Waals surface area contributed by atoms with Crippen LogP contribution in [-0.2, 0) is 6.42 Å². The first-order valence-corrected chi connectivity index (χ1v) is 12.4. The molecule has 5 aromatic rings. The SMILES string of the molecule is COc1cccc(C(=O)NCCc2nnc(NC(=O)c3cc(-c4ccccc4)nc4ccccc34)s2)c1. The molecule has 2 heterocycles. The van der Waals surface area contributed by atoms with Crippen molar-refractivity contribution in [2.45, 2.75) is 6.42 Å². The van der Waals surface area contributed by atoms with Gasteiger partial charge in [0, 0.05) is 29.5 Å². The van der Waals surface area contributed by atoms with E-state index in [1.165, 1.54) is 11.3 Å². The third-order valence-corrected chi connectivity index (χ3v) is 6.57. The largest absolute Gasteiger partial charge is 0.497 e. The molecule has 2 aromatic heterocycles. The molecular weight excluding hydrogens is 486 g/mol. The molecule has 0 unspecified atom stereocenters. The number of carbonyl (C=O) groups is 2. The number of carbonyl (C=O) groups excluding carboxylic acids is 2. The summed E-state index contributed by atoms with van der Waals surface area (Å²) in [6.07, 6.45) is 0.486. The van der Waals surface area contributed by atoms with Crippen LogP contribution in [0.1, 0.15) is 25.7 Å². The first-order valence-electron chi connectivity index (χ1n) is 11.6. The predicted octanol–water partition coefficient (Wildman–Crippen LogP) is 4.99. The van der Waals surface area contributed by atoms with Crippen molar-refractivity contribution in [1.29, 1.82) is 0 Å². The third kappa shape index (κ3) is 5.62. The van der Waals surface area contributed by atoms with E-state index in [9.17, 15) is 9.59 Å². The zero-order valence-corrected chi connectivity index (χ0v) is 20.8. The van der Waals surface area contributed by atoms with Crippen LogP contribution in [0, 0.1) is 0 Å². The number of nitrogens with zero attached hydrogens (tertiary/aromatic N) is 3. The fourth-order valence-electron chi connectivity index (χ4n) is 3.84. The molecule has 5 rings (SSSR count). The molecule has 0 bridgehead atoms. The van der Waals surface area contributed by atoms with Crippen molar-refractivity contribution in [3.63, 3.8) is 0 Å². The second-order valence-corrected chi connectivity index (χ2v) is 9.19. The van der Waals surface area contributed by atoms with E-state index in [2.05, 4.69) is 20.8 Å². The molecule has 0 aliphatic heterocycles. The minimum atomic E-state index is -0.287. The Bertz CT molecular complexity index is 1570. The zero-order chi connectivity index (χ0) is 25.6. The number of pyridine rings is 1. The van der Waals surface area contributed by atoms with Gasteiger partial charge in [0.25, 0.3) is 11.8 Å². The van der Waals surface area contributed by atoms with Gasteiger partial charge in [0.2, 0.25) is 5.13 Å². The number of hydrogen-bond acceptors (Lipinski definition) is 7. The lowest BCUT2D eigenvalue weighted by Crippen LogP contribution is -2.25. The van der Waals surface area contributed by atoms with Crippen LogP contribution >= 0.6 is 11.3 Å². The number of nitrogens with one attached hydrogen (secondary N) is 2. The molecule has 0 saturated carbocycles. The smallest absolute Gasteiger partial charge is 0.258 e. The van der Waals surface area contributed by atoms with Crippen LogP contribution in [0.2, 0.25) is 0 Å². The molecular formula is C28H23N5O3S. The van der Waals surface area contributed by atoms with E-state index in [0.717, 1.165) is 16.5 Å². The lowest BCUT2D eigenvalue weighted by atomic mass is 10.0. The van der Waals surface area contributed by atoms with Gasteiger partial charge in [-0.1, -0.05) is 65.9 Å². The average Bonchev–Trinajstić information content (AvgIpc) is 3.39. The lowest BCUT2D eigenvalue weighted by molar-refractivity contribution is 0.0953. The van der Waals surface area contributed by atoms with Crippen molar-refractivity contribution >= 4 is 39.2 Å². The Labute approximate surface area is 217 Å². The van der Waals surface area contributed by atoms with Crippen molar-refractivity contribution in [3.05, 3.63) is 101 Å². The first kappa shape index (κ1) is 24.1. The van der Waals surface area contributed by atoms with Gasteiger partial charge in [0.1, 0.15) is 10.8 Å². The van der Waals surface area contributed by atoms with Crippen LogP contribution in [0.15, 0.2) is 84.9 Å². The second-order valence-electron chi connectivity index (χ2n) is 8.13. The number of rotatable bonds is 8. The van der Waals surface area contributed by atoms with E-state index in [0.29, 0.717) is 45.7 Å². The molecule has 0 fully saturated rings. The number of hydrogen-bond donors (Lipinski definition) is 2. The van der Waals surface area contributed by atoms with Gasteiger partial charge in [-0.2, -0.15) is 0 Å². The highest BCUT2D eigenvalue weighted by Crippen LogP contribution is 2.26. The van der Waals surface area contributed by atoms with Crippen molar-refractivity contribution in [2.75, 3.05) is 19.0 Å². The maximum Gasteiger partial charge on any atom is 0.258 e. The molecule has 3 aromatic carbocycles. The highest BCUT2D eigenvalue weighted by molar-refractivity contribution is 7.15. The Morgan fingerprint density at radius 3 is 2.54 bits per heavy atom. The number of ether oxygens (including phenoxy) is 1. The van der Waals surface area contributed by atoms with Crippen LogP contribution in [0.25, 0.3) is 22.2 Å². The quantitative estimate of drug-likeness (QED) is 0.305. The van der Waals surface area contributed by atoms with Crippen molar-refractivity contribution in [3.8, 4) is 17.0 Å². The summed E-state index contributed by atoms with van der Waals surface area (Å²) < 4.78 is 5.16. The number of para-hydroxylation sites is 1. The Balaban J connectivity index is 1.26. The molecule has 0 aliphatic rings. The molecule has 184 valence electrons. The van der Waals surface area contributed by atoms with E-state index < -0.39 is 0 Å². The fraction of sp³-hybridized carbons (Fsp3) is 0.107. The fourth-order valence-corrected chi connectivity index (χ4v) is 4.57. The minimum absolute atomic E-state index is 0.198. The topological polar surface area (TPSA) is 106 Å². The van der Waals surface area contributed by atoms with Crippen molar-refractivity contribution in [2.24, 2.45) is 0 Å². The van der Waals surface area contributed by atoms with Crippen LogP contribution < -0.4 is 15.4 Å². The van der Waals surface area contributed by atoms with Gasteiger partial charge in [-0.3, -0.25) is 14.9 Å². The van der Waals surface area contributed by atoms with Gasteiger partial charge in [0.05, 0.1) is 23.9 Å². The normalized spacial score (nSPS) is 10.7. The van der Waals surface area contributed by atoms with Crippen LogP contribution in [0.3, 0.4) is 0 Å². The number of benzene rings is 3. The van der Waals surface area contributed by atoms with Crippen LogP contribution in [-0.4, -0.2) is 40.7 Å². The summed E-state index contributed by atoms with van der Waals surface area (Å²) in [4.78, 5) is 30.4. The monoisotopic (exact) mass is 509 g/mol. The molecule has 0 radical (unpaired) electrons. The predicted molar refractivity (Wildman–Crippen MR) is 144 cm³/mol. The molecule has 0 saturated heterocycles. The Kier molecular flexibility index (Phi) is 7.14. The lowest BCUT2D eigenvalue weighted by Gasteiger charge is -2.09. The molecule has 0 spiro atoms. The Morgan fingerprint density at radius 2 is 1.70 bits per heavy atom. The van der Waals surface area contributed by atoms with Gasteiger partial charge >= 0.3 is 0 Å². The average molecular weight is 510 g/mol. The van der Waals surface area contributed by atoms with E-state index in [1.807, 2.05) is 54.6 Å². The summed E-state index contributed by atoms with van der Waals surface area (Å²) in [5.41, 5.74) is 3.40. The van der Waals surface area contributed by atoms with E-state index in [-0.39, 0.29) is 11.8 Å². The molecule has 2 N–H and O–H groups in total. The first-order chi connectivity index (χ1) is 18.1. The van der Waals surface area contributed by atoms with Crippen molar-refractivity contribution in [1.82, 2.24) is 20.5 Å². The molecule has 9 heteroatoms. The Morgan fingerprint density at radius 1 is 0.892 bits per heavy atom. The minimum Gasteiger partial charge on any atom is -0.497 e. The zero-order valence-electron chi connectivity index (χ0n) is 20.0. The van der Waals surface area contributed by atoms with Gasteiger partial charge in [0.15, 0.2) is 0 Å². The van der Waals surface area contributed by atoms with Gasteiger partial charge < -0.3 is 10.1 Å². The van der Waals surface area contributed by atoms with E-state index in [4.69, 9.17) is 9.72 Å². The molecule has 0 atom stereocenters. The summed E-state index contributed by atoms with van der Waals surface area (Å²) in [7, 11) is 1.56. The van der Waals surface area contributed by atoms with Crippen molar-refractivity contribution < 1.29 is 14.3 Å². The Hall–Kier alpha value is -4.63. The van der Waals surface area contributed by atoms with Crippen LogP contribution in [0.5, 0.6) is 5.75 Å². The third-order valence-electron chi connectivity index (χ3n) is 5.67. The summed E-state index contributed by atoms with van der Waals surface area (Å²) in [6.45, 7) is 0.383. The summed E-state index contributed by atoms with van der Waals surface area (Å²) in [6, 6.07) is 26.0. The second kappa shape index (κ2) is 11.0. The summed E-state index contributed by atoms with van der Waals surface area (Å²) in [5, 5.41) is 15.8. The molecule has 0 aliphatic carbocycles. The van der Waals surface area contributed by atoms with Gasteiger partial charge in [-0.25, -0.2) is 4.98 Å². The van der Waals surface area contributed by atoms with Gasteiger partial charge in [-0.15, -0.1) is 10.2 Å². The number of anilines is 1. The van der Waals surface area contributed by atoms with E-state index in [1.54, 1.807) is 37.4 Å². The highest BCUT2D eigenvalue weighted by Gasteiger charge is 2.16. The molecule has 37 heavy (non-hydrogen) atoms. The standard InChI is InChI=1S/C28H23N5O3S/c1-36-20-11-7-10-19(16-20)26(34)29-15-14-25-32-33-28(37-25)31-27(35)22-17-24(18-8-3-2-4-9-18)30-23-13-6-5-12-21(22)23/h2-13,16-17H,14-15H2,1H3,(H,29,34)(H,31,33,35). The summed E-state index contributed by atoms with van der Waals surface area (Å²) in [5.74, 6) is 0.135. The summed E-state index contributed by atoms with van der Waals surface area (Å²) >= 11 is 1.27. The van der Waals surface area contributed by atoms with E-state index >= 15 is 0 Å². The maximum absolute atomic E-state index is 13.3. The number of amides is 2. The molecule has 8 nitrogen and oxygen atoms in total. The molecule has 2 amide bonds. The number of methoxy groups -OCH3 is 1. The van der Waals surface area contributed by atoms with Gasteiger partial charge in [-0.05, 0) is 30.3 Å². The number of aromatic nitrogens is 3. The number of fused-ring (bicyclic) bond motifs is 1. The maximum atomic E-state index is 13.3. The highest BCUT2D eigenvalue weighted by atomic mass is 32.1.